The van der Waals surface area contributed by atoms with E-state index in [1.807, 2.05) is 0 Å². The van der Waals surface area contributed by atoms with Crippen LogP contribution in [0.25, 0.3) is 0 Å². The Hall–Kier alpha value is -0.140. The van der Waals surface area contributed by atoms with Gasteiger partial charge in [0, 0.05) is 0 Å². The van der Waals surface area contributed by atoms with E-state index in [2.05, 4.69) is 4.74 Å². The summed E-state index contributed by atoms with van der Waals surface area (Å²) in [5.74, 6) is -2.86. The minimum Gasteiger partial charge on any atom is -0.394 e. The quantitative estimate of drug-likeness (QED) is 0.317. The van der Waals surface area contributed by atoms with Crippen LogP contribution in [0.2, 0.25) is 0 Å². The van der Waals surface area contributed by atoms with Crippen molar-refractivity contribution in [2.45, 2.75) is 18.1 Å². The molecule has 1 fully saturated rings. The topological polar surface area (TPSA) is 127 Å². The molecular formula is C5H10O7P+. The summed E-state index contributed by atoms with van der Waals surface area (Å²) in [6.07, 6.45) is -2.83. The normalized spacial score (nSPS) is 35.5. The van der Waals surface area contributed by atoms with Crippen LogP contribution in [0.3, 0.4) is 0 Å². The van der Waals surface area contributed by atoms with Gasteiger partial charge in [-0.1, -0.05) is 0 Å². The van der Waals surface area contributed by atoms with Crippen LogP contribution in [0.15, 0.2) is 0 Å². The summed E-state index contributed by atoms with van der Waals surface area (Å²) in [7, 11) is -4.45. The molecule has 1 unspecified atom stereocenters. The minimum atomic E-state index is -4.45. The molecule has 76 valence electrons. The van der Waals surface area contributed by atoms with Gasteiger partial charge in [-0.3, -0.25) is 4.79 Å². The summed E-state index contributed by atoms with van der Waals surface area (Å²) in [6.45, 7) is -0.636. The predicted octanol–water partition coefficient (Wildman–Crippen LogP) is -2.63. The summed E-state index contributed by atoms with van der Waals surface area (Å²) >= 11 is 0. The SMILES string of the molecule is O=C1C([P+](O)(O)O)O[C@H](CO)[C@H]1O. The number of hydrogen-bond acceptors (Lipinski definition) is 7. The molecule has 0 radical (unpaired) electrons. The molecule has 7 nitrogen and oxygen atoms in total. The van der Waals surface area contributed by atoms with Crippen molar-refractivity contribution in [2.75, 3.05) is 6.61 Å². The number of aliphatic hydroxyl groups is 2. The monoisotopic (exact) mass is 213 g/mol. The number of aliphatic hydroxyl groups excluding tert-OH is 2. The van der Waals surface area contributed by atoms with E-state index in [0.717, 1.165) is 0 Å². The second-order valence-corrected chi connectivity index (χ2v) is 4.37. The van der Waals surface area contributed by atoms with Gasteiger partial charge in [0.15, 0.2) is 0 Å². The summed E-state index contributed by atoms with van der Waals surface area (Å²) in [5.41, 5.74) is 0. The zero-order valence-electron chi connectivity index (χ0n) is 6.44. The number of carbonyl (C=O) groups excluding carboxylic acids is 1. The van der Waals surface area contributed by atoms with E-state index >= 15 is 0 Å². The fourth-order valence-electron chi connectivity index (χ4n) is 1.03. The number of Topliss-reactive ketones (excluding diaryl/α,β-unsaturated/α-hetero) is 1. The largest absolute Gasteiger partial charge is 0.443 e. The minimum absolute atomic E-state index is 0.636. The van der Waals surface area contributed by atoms with Crippen LogP contribution in [0.5, 0.6) is 0 Å². The molecule has 0 bridgehead atoms. The van der Waals surface area contributed by atoms with Crippen LogP contribution in [-0.4, -0.2) is 55.3 Å². The highest BCUT2D eigenvalue weighted by Gasteiger charge is 2.58. The second kappa shape index (κ2) is 3.55. The molecule has 1 aliphatic heterocycles. The highest BCUT2D eigenvalue weighted by molar-refractivity contribution is 7.60. The van der Waals surface area contributed by atoms with Gasteiger partial charge in [0.25, 0.3) is 0 Å². The fourth-order valence-corrected chi connectivity index (χ4v) is 1.85. The number of rotatable bonds is 2. The van der Waals surface area contributed by atoms with Crippen molar-refractivity contribution in [1.82, 2.24) is 0 Å². The average Bonchev–Trinajstić information content (AvgIpc) is 2.28. The molecule has 0 aromatic rings. The molecule has 13 heavy (non-hydrogen) atoms. The number of ketones is 1. The summed E-state index contributed by atoms with van der Waals surface area (Å²) < 4.78 is 4.55. The van der Waals surface area contributed by atoms with Gasteiger partial charge in [-0.2, -0.15) is 14.7 Å². The zero-order valence-corrected chi connectivity index (χ0v) is 7.33. The van der Waals surface area contributed by atoms with E-state index in [1.54, 1.807) is 0 Å². The lowest BCUT2D eigenvalue weighted by Crippen LogP contribution is -2.30. The molecule has 5 N–H and O–H groups in total. The molecule has 0 aromatic heterocycles. The van der Waals surface area contributed by atoms with Crippen LogP contribution < -0.4 is 0 Å². The summed E-state index contributed by atoms with van der Waals surface area (Å²) in [6, 6.07) is 0. The van der Waals surface area contributed by atoms with Crippen molar-refractivity contribution in [3.63, 3.8) is 0 Å². The molecule has 1 rings (SSSR count). The first-order chi connectivity index (χ1) is 5.88. The van der Waals surface area contributed by atoms with Crippen molar-refractivity contribution in [3.05, 3.63) is 0 Å². The van der Waals surface area contributed by atoms with Gasteiger partial charge in [0.1, 0.15) is 12.2 Å². The van der Waals surface area contributed by atoms with Crippen LogP contribution >= 0.6 is 7.94 Å². The summed E-state index contributed by atoms with van der Waals surface area (Å²) in [4.78, 5) is 37.1. The van der Waals surface area contributed by atoms with Gasteiger partial charge in [0.05, 0.1) is 6.61 Å². The lowest BCUT2D eigenvalue weighted by atomic mass is 10.2. The maximum absolute atomic E-state index is 11.0. The van der Waals surface area contributed by atoms with Crippen molar-refractivity contribution in [3.8, 4) is 0 Å². The third-order valence-corrected chi connectivity index (χ3v) is 2.69. The van der Waals surface area contributed by atoms with E-state index in [1.165, 1.54) is 0 Å². The fraction of sp³-hybridized carbons (Fsp3) is 0.800. The first-order valence-corrected chi connectivity index (χ1v) is 5.14. The Bertz CT molecular complexity index is 211. The van der Waals surface area contributed by atoms with Gasteiger partial charge in [-0.25, -0.2) is 0 Å². The standard InChI is InChI=1S/C5H10O7P/c6-1-2-3(7)4(8)5(12-2)13(9,10)11/h2-3,5-7,9-11H,1H2/q+1/t2-,3-,5?/m1/s1. The Morgan fingerprint density at radius 1 is 1.38 bits per heavy atom. The van der Waals surface area contributed by atoms with Crippen LogP contribution in [0.1, 0.15) is 0 Å². The van der Waals surface area contributed by atoms with Crippen LogP contribution in [-0.2, 0) is 9.53 Å². The molecule has 1 saturated heterocycles. The molecule has 0 aromatic carbocycles. The second-order valence-electron chi connectivity index (χ2n) is 2.67. The van der Waals surface area contributed by atoms with Crippen molar-refractivity contribution >= 4 is 13.7 Å². The van der Waals surface area contributed by atoms with Crippen molar-refractivity contribution in [1.29, 1.82) is 0 Å². The molecular weight excluding hydrogens is 203 g/mol. The van der Waals surface area contributed by atoms with Crippen LogP contribution in [0.4, 0.5) is 0 Å². The molecule has 1 aliphatic rings. The zero-order chi connectivity index (χ0) is 10.2. The Morgan fingerprint density at radius 2 is 1.92 bits per heavy atom. The summed E-state index contributed by atoms with van der Waals surface area (Å²) in [5, 5.41) is 17.6. The van der Waals surface area contributed by atoms with Gasteiger partial charge < -0.3 is 14.9 Å². The first kappa shape index (κ1) is 10.9. The van der Waals surface area contributed by atoms with Crippen molar-refractivity contribution in [2.24, 2.45) is 0 Å². The Balaban J connectivity index is 2.78. The third-order valence-electron chi connectivity index (χ3n) is 1.69. The lowest BCUT2D eigenvalue weighted by molar-refractivity contribution is -0.125. The van der Waals surface area contributed by atoms with Gasteiger partial charge in [-0.15, -0.1) is 0 Å². The van der Waals surface area contributed by atoms with E-state index in [-0.39, 0.29) is 0 Å². The molecule has 0 saturated carbocycles. The Morgan fingerprint density at radius 3 is 2.15 bits per heavy atom. The number of hydrogen-bond donors (Lipinski definition) is 5. The lowest BCUT2D eigenvalue weighted by Gasteiger charge is -2.10. The van der Waals surface area contributed by atoms with Gasteiger partial charge in [0.2, 0.25) is 5.78 Å². The van der Waals surface area contributed by atoms with E-state index in [0.29, 0.717) is 0 Å². The van der Waals surface area contributed by atoms with Crippen LogP contribution in [0, 0.1) is 0 Å². The molecule has 0 spiro atoms. The van der Waals surface area contributed by atoms with E-state index in [9.17, 15) is 4.79 Å². The third kappa shape index (κ3) is 2.03. The number of carbonyl (C=O) groups is 1. The van der Waals surface area contributed by atoms with Crippen molar-refractivity contribution < 1.29 is 34.4 Å². The maximum Gasteiger partial charge on any atom is 0.443 e. The number of ether oxygens (including phenoxy) is 1. The highest BCUT2D eigenvalue weighted by Crippen LogP contribution is 2.53. The molecule has 0 amide bonds. The molecule has 8 heteroatoms. The van der Waals surface area contributed by atoms with Gasteiger partial charge in [-0.05, 0) is 0 Å². The Kier molecular flexibility index (Phi) is 2.98. The first-order valence-electron chi connectivity index (χ1n) is 3.43. The molecule has 0 aliphatic carbocycles. The molecule has 3 atom stereocenters. The smallest absolute Gasteiger partial charge is 0.394 e. The Labute approximate surface area is 73.8 Å². The van der Waals surface area contributed by atoms with Gasteiger partial charge >= 0.3 is 13.8 Å². The van der Waals surface area contributed by atoms with E-state index in [4.69, 9.17) is 24.9 Å². The highest BCUT2D eigenvalue weighted by atomic mass is 31.2. The average molecular weight is 213 g/mol. The maximum atomic E-state index is 11.0. The predicted molar refractivity (Wildman–Crippen MR) is 40.3 cm³/mol. The molecule has 1 heterocycles. The van der Waals surface area contributed by atoms with E-state index < -0.39 is 38.4 Å².